The van der Waals surface area contributed by atoms with Gasteiger partial charge in [-0.2, -0.15) is 13.9 Å². The van der Waals surface area contributed by atoms with E-state index in [0.717, 1.165) is 12.8 Å². The molecule has 27 heavy (non-hydrogen) atoms. The molecule has 0 aliphatic heterocycles. The van der Waals surface area contributed by atoms with Crippen molar-refractivity contribution in [2.24, 2.45) is 0 Å². The summed E-state index contributed by atoms with van der Waals surface area (Å²) in [4.78, 5) is 12.2. The summed E-state index contributed by atoms with van der Waals surface area (Å²) >= 11 is 11.8. The maximum atomic E-state index is 13.0. The average molecular weight is 426 g/mol. The van der Waals surface area contributed by atoms with Gasteiger partial charge in [0.2, 0.25) is 5.91 Å². The normalized spacial score (nSPS) is 14.1. The lowest BCUT2D eigenvalue weighted by Crippen LogP contribution is -2.21. The Bertz CT molecular complexity index is 856. The number of carbonyl (C=O) groups excluding carboxylic acids is 1. The van der Waals surface area contributed by atoms with Crippen molar-refractivity contribution in [3.63, 3.8) is 0 Å². The van der Waals surface area contributed by atoms with Gasteiger partial charge in [0.1, 0.15) is 18.0 Å². The average Bonchev–Trinajstić information content (AvgIpc) is 3.34. The number of anilines is 1. The van der Waals surface area contributed by atoms with Crippen LogP contribution in [-0.4, -0.2) is 22.3 Å². The Morgan fingerprint density at radius 2 is 2.00 bits per heavy atom. The molecule has 0 atom stereocenters. The predicted octanol–water partition coefficient (Wildman–Crippen LogP) is 5.25. The number of aromatic nitrogens is 2. The van der Waals surface area contributed by atoms with Crippen molar-refractivity contribution < 1.29 is 27.1 Å². The molecule has 3 rings (SSSR count). The number of hydrogen-bond acceptors (Lipinski definition) is 3. The number of carbonyl (C=O) groups is 1. The first-order valence-corrected chi connectivity index (χ1v) is 8.60. The van der Waals surface area contributed by atoms with E-state index in [9.17, 15) is 22.4 Å². The van der Waals surface area contributed by atoms with Crippen LogP contribution in [0.1, 0.15) is 36.6 Å². The molecular formula is C16H13Cl2F4N3O2. The molecule has 1 N–H and O–H groups in total. The molecule has 1 aromatic carbocycles. The number of nitrogens with one attached hydrogen (secondary N) is 1. The van der Waals surface area contributed by atoms with Gasteiger partial charge in [-0.25, -0.2) is 8.78 Å². The van der Waals surface area contributed by atoms with E-state index in [0.29, 0.717) is 5.69 Å². The lowest BCUT2D eigenvalue weighted by Gasteiger charge is -2.11. The fourth-order valence-electron chi connectivity index (χ4n) is 2.59. The van der Waals surface area contributed by atoms with Gasteiger partial charge < -0.3 is 10.1 Å². The fraction of sp³-hybridized carbons (Fsp3) is 0.375. The molecule has 1 aliphatic carbocycles. The maximum absolute atomic E-state index is 13.0. The number of amides is 1. The van der Waals surface area contributed by atoms with Crippen molar-refractivity contribution in [1.29, 1.82) is 0 Å². The van der Waals surface area contributed by atoms with Gasteiger partial charge in [0.25, 0.3) is 6.43 Å². The van der Waals surface area contributed by atoms with E-state index in [2.05, 4.69) is 15.2 Å². The van der Waals surface area contributed by atoms with Crippen LogP contribution in [0.5, 0.6) is 5.75 Å². The Morgan fingerprint density at radius 1 is 1.30 bits per heavy atom. The minimum Gasteiger partial charge on any atom is -0.433 e. The second kappa shape index (κ2) is 7.93. The van der Waals surface area contributed by atoms with E-state index in [1.165, 1.54) is 22.9 Å². The number of ether oxygens (including phenoxy) is 1. The van der Waals surface area contributed by atoms with E-state index in [1.54, 1.807) is 0 Å². The third kappa shape index (κ3) is 4.65. The number of rotatable bonds is 7. The van der Waals surface area contributed by atoms with Gasteiger partial charge in [-0.05, 0) is 31.0 Å². The van der Waals surface area contributed by atoms with E-state index < -0.39 is 24.6 Å². The molecule has 2 aromatic rings. The van der Waals surface area contributed by atoms with Crippen LogP contribution in [0.4, 0.5) is 23.2 Å². The number of nitrogens with zero attached hydrogens (tertiary/aromatic N) is 2. The van der Waals surface area contributed by atoms with E-state index >= 15 is 0 Å². The maximum Gasteiger partial charge on any atom is 0.387 e. The van der Waals surface area contributed by atoms with Gasteiger partial charge >= 0.3 is 6.61 Å². The summed E-state index contributed by atoms with van der Waals surface area (Å²) in [6, 6.07) is 3.74. The molecule has 1 saturated carbocycles. The van der Waals surface area contributed by atoms with Gasteiger partial charge in [-0.15, -0.1) is 0 Å². The molecule has 0 radical (unpaired) electrons. The monoisotopic (exact) mass is 425 g/mol. The van der Waals surface area contributed by atoms with Crippen LogP contribution in [0.3, 0.4) is 0 Å². The summed E-state index contributed by atoms with van der Waals surface area (Å²) < 4.78 is 55.9. The van der Waals surface area contributed by atoms with Gasteiger partial charge in [0, 0.05) is 11.6 Å². The highest BCUT2D eigenvalue weighted by Gasteiger charge is 2.34. The van der Waals surface area contributed by atoms with Crippen LogP contribution < -0.4 is 10.1 Å². The Morgan fingerprint density at radius 3 is 2.56 bits per heavy atom. The van der Waals surface area contributed by atoms with Crippen molar-refractivity contribution in [2.75, 3.05) is 5.32 Å². The third-order valence-electron chi connectivity index (χ3n) is 3.85. The molecular weight excluding hydrogens is 413 g/mol. The molecule has 0 unspecified atom stereocenters. The minimum absolute atomic E-state index is 0.00511. The summed E-state index contributed by atoms with van der Waals surface area (Å²) in [6.45, 7) is -3.36. The zero-order chi connectivity index (χ0) is 19.7. The molecule has 0 bridgehead atoms. The van der Waals surface area contributed by atoms with Gasteiger partial charge in [-0.1, -0.05) is 23.2 Å². The van der Waals surface area contributed by atoms with Crippen LogP contribution in [-0.2, 0) is 11.3 Å². The highest BCUT2D eigenvalue weighted by molar-refractivity contribution is 6.32. The fourth-order valence-corrected chi connectivity index (χ4v) is 3.18. The number of benzene rings is 1. The first-order chi connectivity index (χ1) is 12.8. The van der Waals surface area contributed by atoms with Crippen molar-refractivity contribution >= 4 is 34.8 Å². The largest absolute Gasteiger partial charge is 0.433 e. The van der Waals surface area contributed by atoms with Crippen molar-refractivity contribution in [2.45, 2.75) is 38.3 Å². The van der Waals surface area contributed by atoms with Crippen LogP contribution in [0.2, 0.25) is 10.0 Å². The molecule has 11 heteroatoms. The lowest BCUT2D eigenvalue weighted by molar-refractivity contribution is -0.117. The molecule has 5 nitrogen and oxygen atoms in total. The van der Waals surface area contributed by atoms with Crippen molar-refractivity contribution in [3.8, 4) is 5.75 Å². The molecule has 1 heterocycles. The minimum atomic E-state index is -3.03. The molecule has 1 fully saturated rings. The highest BCUT2D eigenvalue weighted by atomic mass is 35.5. The Kier molecular flexibility index (Phi) is 5.81. The van der Waals surface area contributed by atoms with Crippen LogP contribution >= 0.6 is 23.2 Å². The number of alkyl halides is 4. The van der Waals surface area contributed by atoms with E-state index in [-0.39, 0.29) is 33.9 Å². The molecule has 1 aromatic heterocycles. The summed E-state index contributed by atoms with van der Waals surface area (Å²) in [5.41, 5.74) is 0.0932. The van der Waals surface area contributed by atoms with Gasteiger partial charge in [-0.3, -0.25) is 9.48 Å². The van der Waals surface area contributed by atoms with Gasteiger partial charge in [0.05, 0.1) is 15.7 Å². The smallest absolute Gasteiger partial charge is 0.387 e. The predicted molar refractivity (Wildman–Crippen MR) is 90.9 cm³/mol. The number of hydrogen-bond donors (Lipinski definition) is 1. The quantitative estimate of drug-likeness (QED) is 0.616. The first-order valence-electron chi connectivity index (χ1n) is 7.84. The summed E-state index contributed by atoms with van der Waals surface area (Å²) in [6.07, 6.45) is -1.27. The topological polar surface area (TPSA) is 56.2 Å². The van der Waals surface area contributed by atoms with E-state index in [4.69, 9.17) is 23.2 Å². The molecule has 1 amide bonds. The molecule has 146 valence electrons. The van der Waals surface area contributed by atoms with Crippen molar-refractivity contribution in [3.05, 3.63) is 39.6 Å². The molecule has 0 spiro atoms. The first kappa shape index (κ1) is 19.8. The SMILES string of the molecule is O=C(Cn1nc(C(F)F)c(Cl)c1C1CC1)Nc1ccc(OC(F)F)c(Cl)c1. The third-order valence-corrected chi connectivity index (χ3v) is 4.53. The Hall–Kier alpha value is -2.00. The second-order valence-electron chi connectivity index (χ2n) is 5.89. The highest BCUT2D eigenvalue weighted by Crippen LogP contribution is 2.45. The lowest BCUT2D eigenvalue weighted by atomic mass is 10.2. The Labute approximate surface area is 161 Å². The van der Waals surface area contributed by atoms with Crippen LogP contribution in [0.25, 0.3) is 0 Å². The molecule has 0 saturated heterocycles. The van der Waals surface area contributed by atoms with Gasteiger partial charge in [0.15, 0.2) is 0 Å². The standard InChI is InChI=1S/C16H13Cl2F4N3O2/c17-9-5-8(3-4-10(9)27-16(21)22)23-11(26)6-25-14(7-1-2-7)12(18)13(24-25)15(19)20/h3-5,7,15-16H,1-2,6H2,(H,23,26). The zero-order valence-corrected chi connectivity index (χ0v) is 15.1. The zero-order valence-electron chi connectivity index (χ0n) is 13.6. The van der Waals surface area contributed by atoms with Crippen LogP contribution in [0.15, 0.2) is 18.2 Å². The summed E-state index contributed by atoms with van der Waals surface area (Å²) in [7, 11) is 0. The number of halogens is 6. The molecule has 1 aliphatic rings. The summed E-state index contributed by atoms with van der Waals surface area (Å²) in [5, 5.41) is 6.03. The van der Waals surface area contributed by atoms with Crippen molar-refractivity contribution in [1.82, 2.24) is 9.78 Å². The second-order valence-corrected chi connectivity index (χ2v) is 6.67. The summed E-state index contributed by atoms with van der Waals surface area (Å²) in [5.74, 6) is -0.790. The van der Waals surface area contributed by atoms with E-state index in [1.807, 2.05) is 0 Å². The van der Waals surface area contributed by atoms with Crippen LogP contribution in [0, 0.1) is 0 Å². The Balaban J connectivity index is 1.73.